The molecule has 2 heterocycles. The Kier molecular flexibility index (Phi) is 6.27. The number of ether oxygens (including phenoxy) is 2. The van der Waals surface area contributed by atoms with E-state index in [4.69, 9.17) is 9.47 Å². The fraction of sp³-hybridized carbons (Fsp3) is 0.267. The Morgan fingerprint density at radius 2 is 1.81 bits per heavy atom. The van der Waals surface area contributed by atoms with Crippen molar-refractivity contribution in [2.75, 3.05) is 6.61 Å². The Labute approximate surface area is 211 Å². The topological polar surface area (TPSA) is 64.8 Å². The van der Waals surface area contributed by atoms with Crippen LogP contribution in [0.3, 0.4) is 0 Å². The molecule has 0 aliphatic carbocycles. The van der Waals surface area contributed by atoms with Crippen LogP contribution in [0.15, 0.2) is 77.9 Å². The molecule has 36 heavy (non-hydrogen) atoms. The molecule has 0 saturated carbocycles. The molecule has 6 heteroatoms. The highest BCUT2D eigenvalue weighted by Crippen LogP contribution is 2.36. The van der Waals surface area contributed by atoms with Gasteiger partial charge in [-0.15, -0.1) is 0 Å². The molecule has 1 N–H and O–H groups in total. The third-order valence-corrected chi connectivity index (χ3v) is 6.59. The van der Waals surface area contributed by atoms with Crippen LogP contribution >= 0.6 is 0 Å². The maximum absolute atomic E-state index is 12.8. The maximum Gasteiger partial charge on any atom is 0.284 e. The number of fused-ring (bicyclic) bond motifs is 2. The van der Waals surface area contributed by atoms with Crippen LogP contribution in [0.5, 0.6) is 11.5 Å². The van der Waals surface area contributed by atoms with Crippen LogP contribution in [-0.4, -0.2) is 29.4 Å². The first kappa shape index (κ1) is 23.7. The van der Waals surface area contributed by atoms with Crippen LogP contribution < -0.4 is 14.9 Å². The Morgan fingerprint density at radius 3 is 2.58 bits per heavy atom. The molecule has 1 aliphatic heterocycles. The smallest absolute Gasteiger partial charge is 0.284 e. The highest BCUT2D eigenvalue weighted by atomic mass is 16.6. The molecule has 3 aromatic carbocycles. The van der Waals surface area contributed by atoms with Crippen molar-refractivity contribution in [2.24, 2.45) is 5.10 Å². The second-order valence-corrected chi connectivity index (χ2v) is 10.2. The van der Waals surface area contributed by atoms with E-state index in [1.807, 2.05) is 48.5 Å². The summed E-state index contributed by atoms with van der Waals surface area (Å²) < 4.78 is 14.0. The van der Waals surface area contributed by atoms with Crippen LogP contribution in [-0.2, 0) is 16.8 Å². The van der Waals surface area contributed by atoms with E-state index in [0.29, 0.717) is 11.5 Å². The van der Waals surface area contributed by atoms with Crippen molar-refractivity contribution in [3.8, 4) is 11.5 Å². The van der Waals surface area contributed by atoms with E-state index in [-0.39, 0.29) is 17.9 Å². The van der Waals surface area contributed by atoms with Crippen molar-refractivity contribution in [2.45, 2.75) is 45.8 Å². The van der Waals surface area contributed by atoms with Gasteiger partial charge in [0.15, 0.2) is 11.5 Å². The third kappa shape index (κ3) is 4.71. The second-order valence-electron chi connectivity index (χ2n) is 10.2. The van der Waals surface area contributed by atoms with Gasteiger partial charge in [0.25, 0.3) is 5.91 Å². The molecule has 0 saturated heterocycles. The molecule has 4 aromatic rings. The summed E-state index contributed by atoms with van der Waals surface area (Å²) >= 11 is 0. The number of carbonyl (C=O) groups is 1. The fourth-order valence-corrected chi connectivity index (χ4v) is 4.49. The van der Waals surface area contributed by atoms with Gasteiger partial charge >= 0.3 is 0 Å². The van der Waals surface area contributed by atoms with E-state index in [2.05, 4.69) is 67.1 Å². The lowest BCUT2D eigenvalue weighted by molar-refractivity contribution is -0.130. The number of hydrogen-bond acceptors (Lipinski definition) is 4. The van der Waals surface area contributed by atoms with Crippen molar-refractivity contribution >= 4 is 23.0 Å². The Hall–Kier alpha value is -4.06. The SMILES string of the molecule is Cc1c(/C=N/NC(=O)[C@@H]2COc3ccc(C(C)(C)C)cc3O2)c2ccccc2n1Cc1ccccc1. The first-order chi connectivity index (χ1) is 17.3. The number of para-hydroxylation sites is 1. The molecule has 0 fully saturated rings. The van der Waals surface area contributed by atoms with Crippen LogP contribution in [0.2, 0.25) is 0 Å². The fourth-order valence-electron chi connectivity index (χ4n) is 4.49. The lowest BCUT2D eigenvalue weighted by Crippen LogP contribution is -2.42. The first-order valence-corrected chi connectivity index (χ1v) is 12.2. The van der Waals surface area contributed by atoms with Gasteiger partial charge in [0.1, 0.15) is 6.61 Å². The van der Waals surface area contributed by atoms with Crippen LogP contribution in [0.1, 0.15) is 43.2 Å². The molecular formula is C30H31N3O3. The van der Waals surface area contributed by atoms with Gasteiger partial charge in [0.05, 0.1) is 6.21 Å². The number of rotatable bonds is 5. The minimum absolute atomic E-state index is 0.0323. The minimum Gasteiger partial charge on any atom is -0.485 e. The zero-order valence-corrected chi connectivity index (χ0v) is 21.1. The zero-order valence-electron chi connectivity index (χ0n) is 21.1. The molecule has 6 nitrogen and oxygen atoms in total. The lowest BCUT2D eigenvalue weighted by atomic mass is 9.87. The minimum atomic E-state index is -0.773. The highest BCUT2D eigenvalue weighted by molar-refractivity contribution is 6.01. The predicted octanol–water partition coefficient (Wildman–Crippen LogP) is 5.59. The molecule has 5 rings (SSSR count). The van der Waals surface area contributed by atoms with Crippen LogP contribution in [0.25, 0.3) is 10.9 Å². The quantitative estimate of drug-likeness (QED) is 0.299. The first-order valence-electron chi connectivity index (χ1n) is 12.2. The molecule has 0 bridgehead atoms. The van der Waals surface area contributed by atoms with Gasteiger partial charge < -0.3 is 14.0 Å². The number of hydrogen-bond donors (Lipinski definition) is 1. The monoisotopic (exact) mass is 481 g/mol. The van der Waals surface area contributed by atoms with E-state index in [0.717, 1.165) is 34.3 Å². The van der Waals surface area contributed by atoms with Crippen molar-refractivity contribution in [1.29, 1.82) is 0 Å². The number of nitrogens with zero attached hydrogens (tertiary/aromatic N) is 2. The summed E-state index contributed by atoms with van der Waals surface area (Å²) in [5.74, 6) is 0.888. The summed E-state index contributed by atoms with van der Waals surface area (Å²) in [5.41, 5.74) is 8.14. The molecule has 0 unspecified atom stereocenters. The molecule has 1 aromatic heterocycles. The Morgan fingerprint density at radius 1 is 1.06 bits per heavy atom. The molecule has 0 radical (unpaired) electrons. The number of benzene rings is 3. The van der Waals surface area contributed by atoms with E-state index < -0.39 is 6.10 Å². The summed E-state index contributed by atoms with van der Waals surface area (Å²) in [6, 6.07) is 24.5. The summed E-state index contributed by atoms with van der Waals surface area (Å²) in [4.78, 5) is 12.8. The van der Waals surface area contributed by atoms with Gasteiger partial charge in [0, 0.05) is 28.7 Å². The lowest BCUT2D eigenvalue weighted by Gasteiger charge is -2.27. The number of nitrogens with one attached hydrogen (secondary N) is 1. The molecule has 1 amide bonds. The van der Waals surface area contributed by atoms with Gasteiger partial charge in [-0.3, -0.25) is 4.79 Å². The number of amides is 1. The average Bonchev–Trinajstić information content (AvgIpc) is 3.14. The molecule has 0 spiro atoms. The number of aromatic nitrogens is 1. The zero-order chi connectivity index (χ0) is 25.3. The van der Waals surface area contributed by atoms with Crippen LogP contribution in [0, 0.1) is 6.92 Å². The Bertz CT molecular complexity index is 1430. The third-order valence-electron chi connectivity index (χ3n) is 6.59. The van der Waals surface area contributed by atoms with Gasteiger partial charge in [-0.1, -0.05) is 75.4 Å². The van der Waals surface area contributed by atoms with E-state index in [1.54, 1.807) is 6.21 Å². The molecule has 184 valence electrons. The number of carbonyl (C=O) groups excluding carboxylic acids is 1. The average molecular weight is 482 g/mol. The standard InChI is InChI=1S/C30H31N3O3/c1-20-24(23-12-8-9-13-25(23)33(20)18-21-10-6-5-7-11-21)17-31-32-29(34)28-19-35-26-15-14-22(30(2,3)4)16-27(26)36-28/h5-17,28H,18-19H2,1-4H3,(H,32,34)/b31-17+/t28-/m0/s1. The summed E-state index contributed by atoms with van der Waals surface area (Å²) in [7, 11) is 0. The van der Waals surface area contributed by atoms with Gasteiger partial charge in [-0.2, -0.15) is 5.10 Å². The van der Waals surface area contributed by atoms with Crippen LogP contribution in [0.4, 0.5) is 0 Å². The van der Waals surface area contributed by atoms with Gasteiger partial charge in [-0.05, 0) is 41.7 Å². The highest BCUT2D eigenvalue weighted by Gasteiger charge is 2.28. The van der Waals surface area contributed by atoms with Gasteiger partial charge in [0.2, 0.25) is 6.10 Å². The second kappa shape index (κ2) is 9.53. The maximum atomic E-state index is 12.8. The predicted molar refractivity (Wildman–Crippen MR) is 143 cm³/mol. The normalized spacial score (nSPS) is 15.4. The largest absolute Gasteiger partial charge is 0.485 e. The van der Waals surface area contributed by atoms with E-state index in [1.165, 1.54) is 5.56 Å². The Balaban J connectivity index is 1.33. The van der Waals surface area contributed by atoms with Crippen molar-refractivity contribution in [1.82, 2.24) is 9.99 Å². The van der Waals surface area contributed by atoms with Crippen molar-refractivity contribution in [3.05, 3.63) is 95.2 Å². The van der Waals surface area contributed by atoms with E-state index >= 15 is 0 Å². The van der Waals surface area contributed by atoms with E-state index in [9.17, 15) is 4.79 Å². The van der Waals surface area contributed by atoms with Gasteiger partial charge in [-0.25, -0.2) is 5.43 Å². The molecule has 1 atom stereocenters. The summed E-state index contributed by atoms with van der Waals surface area (Å²) in [6.07, 6.45) is 0.942. The summed E-state index contributed by atoms with van der Waals surface area (Å²) in [5, 5.41) is 5.38. The van der Waals surface area contributed by atoms with Crippen molar-refractivity contribution < 1.29 is 14.3 Å². The number of hydrazone groups is 1. The van der Waals surface area contributed by atoms with Crippen molar-refractivity contribution in [3.63, 3.8) is 0 Å². The molecule has 1 aliphatic rings. The summed E-state index contributed by atoms with van der Waals surface area (Å²) in [6.45, 7) is 9.38. The molecular weight excluding hydrogens is 450 g/mol.